The molecule has 0 heterocycles. The molecule has 0 saturated heterocycles. The van der Waals surface area contributed by atoms with Crippen LogP contribution in [-0.2, 0) is 4.43 Å². The van der Waals surface area contributed by atoms with Crippen molar-refractivity contribution in [1.29, 1.82) is 0 Å². The van der Waals surface area contributed by atoms with E-state index in [1.54, 1.807) is 6.08 Å². The van der Waals surface area contributed by atoms with Gasteiger partial charge in [-0.2, -0.15) is 0 Å². The van der Waals surface area contributed by atoms with E-state index in [9.17, 15) is 0 Å². The summed E-state index contributed by atoms with van der Waals surface area (Å²) in [4.78, 5) is 0. The second-order valence-electron chi connectivity index (χ2n) is 3.36. The fourth-order valence-electron chi connectivity index (χ4n) is 0.448. The molecule has 0 aliphatic carbocycles. The van der Waals surface area contributed by atoms with Gasteiger partial charge in [0.2, 0.25) is 0 Å². The van der Waals surface area contributed by atoms with E-state index in [-0.39, 0.29) is 9.76 Å². The van der Waals surface area contributed by atoms with Crippen LogP contribution in [-0.4, -0.2) is 16.4 Å². The number of rotatable bonds is 3. The molecule has 0 aromatic rings. The zero-order valence-corrected chi connectivity index (χ0v) is 8.02. The van der Waals surface area contributed by atoms with Crippen LogP contribution in [0.2, 0.25) is 5.04 Å². The molecule has 0 atom stereocenters. The van der Waals surface area contributed by atoms with Gasteiger partial charge in [0.05, 0.1) is 6.61 Å². The first-order valence-electron chi connectivity index (χ1n) is 3.25. The predicted octanol–water partition coefficient (Wildman–Crippen LogP) is 1.49. The van der Waals surface area contributed by atoms with E-state index in [4.69, 9.17) is 4.43 Å². The second-order valence-corrected chi connectivity index (χ2v) is 6.18. The Bertz CT molecular complexity index is 83.4. The van der Waals surface area contributed by atoms with Gasteiger partial charge in [-0.05, 0) is 5.04 Å². The zero-order valence-electron chi connectivity index (χ0n) is 6.61. The zero-order chi connectivity index (χ0) is 7.33. The first kappa shape index (κ1) is 8.92. The summed E-state index contributed by atoms with van der Waals surface area (Å²) in [7, 11) is -0.333. The second kappa shape index (κ2) is 3.85. The van der Waals surface area contributed by atoms with Crippen LogP contribution in [0.15, 0.2) is 12.7 Å². The molecule has 0 saturated carbocycles. The van der Waals surface area contributed by atoms with Gasteiger partial charge < -0.3 is 4.43 Å². The van der Waals surface area contributed by atoms with Crippen LogP contribution < -0.4 is 0 Å². The van der Waals surface area contributed by atoms with Crippen molar-refractivity contribution in [2.45, 2.75) is 25.8 Å². The third-order valence-electron chi connectivity index (χ3n) is 0.771. The van der Waals surface area contributed by atoms with Crippen molar-refractivity contribution in [3.8, 4) is 0 Å². The van der Waals surface area contributed by atoms with E-state index < -0.39 is 0 Å². The molecule has 1 nitrogen and oxygen atoms in total. The minimum Gasteiger partial charge on any atom is -0.420 e. The lowest BCUT2D eigenvalue weighted by Gasteiger charge is -2.15. The van der Waals surface area contributed by atoms with Crippen LogP contribution in [0.5, 0.6) is 0 Å². The largest absolute Gasteiger partial charge is 0.420 e. The third kappa shape index (κ3) is 7.92. The lowest BCUT2D eigenvalue weighted by molar-refractivity contribution is 0.366. The average molecular weight is 144 g/mol. The van der Waals surface area contributed by atoms with Crippen molar-refractivity contribution in [2.24, 2.45) is 0 Å². The fourth-order valence-corrected chi connectivity index (χ4v) is 1.35. The van der Waals surface area contributed by atoms with Gasteiger partial charge >= 0.3 is 0 Å². The molecule has 0 rings (SSSR count). The summed E-state index contributed by atoms with van der Waals surface area (Å²) in [6.45, 7) is 10.9. The highest BCUT2D eigenvalue weighted by Crippen LogP contribution is 2.19. The highest BCUT2D eigenvalue weighted by molar-refractivity contribution is 6.31. The summed E-state index contributed by atoms with van der Waals surface area (Å²) in [6.07, 6.45) is 1.80. The van der Waals surface area contributed by atoms with E-state index in [0.717, 1.165) is 6.61 Å². The van der Waals surface area contributed by atoms with Gasteiger partial charge in [0.15, 0.2) is 9.76 Å². The van der Waals surface area contributed by atoms with Crippen molar-refractivity contribution in [1.82, 2.24) is 0 Å². The van der Waals surface area contributed by atoms with Gasteiger partial charge in [-0.25, -0.2) is 0 Å². The molecule has 54 valence electrons. The highest BCUT2D eigenvalue weighted by Gasteiger charge is 2.09. The quantitative estimate of drug-likeness (QED) is 0.331. The van der Waals surface area contributed by atoms with Gasteiger partial charge in [-0.15, -0.1) is 6.58 Å². The molecule has 0 fully saturated rings. The normalized spacial score (nSPS) is 12.8. The summed E-state index contributed by atoms with van der Waals surface area (Å²) in [5.74, 6) is 0. The summed E-state index contributed by atoms with van der Waals surface area (Å²) >= 11 is 0. The van der Waals surface area contributed by atoms with E-state index >= 15 is 0 Å². The van der Waals surface area contributed by atoms with Gasteiger partial charge in [-0.3, -0.25) is 0 Å². The van der Waals surface area contributed by atoms with Crippen LogP contribution in [0, 0.1) is 0 Å². The lowest BCUT2D eigenvalue weighted by Crippen LogP contribution is -2.12. The molecule has 9 heavy (non-hydrogen) atoms. The van der Waals surface area contributed by atoms with Gasteiger partial charge in [-0.1, -0.05) is 26.8 Å². The number of hydrogen-bond acceptors (Lipinski definition) is 1. The SMILES string of the molecule is C=CCO[SiH2]C(C)(C)C. The molecular formula is C7H16OSi. The smallest absolute Gasteiger partial charge is 0.167 e. The topological polar surface area (TPSA) is 9.23 Å². The molecule has 0 N–H and O–H groups in total. The summed E-state index contributed by atoms with van der Waals surface area (Å²) in [5.41, 5.74) is 0. The molecule has 0 aliphatic rings. The van der Waals surface area contributed by atoms with Crippen molar-refractivity contribution in [2.75, 3.05) is 6.61 Å². The van der Waals surface area contributed by atoms with Gasteiger partial charge in [0, 0.05) is 0 Å². The molecule has 0 aliphatic heterocycles. The molecule has 0 spiro atoms. The van der Waals surface area contributed by atoms with Crippen molar-refractivity contribution in [3.05, 3.63) is 12.7 Å². The standard InChI is InChI=1S/C7H16OSi/c1-5-6-8-9-7(2,3)4/h5H,1,6,9H2,2-4H3. The first-order chi connectivity index (χ1) is 4.06. The maximum Gasteiger partial charge on any atom is 0.167 e. The first-order valence-corrected chi connectivity index (χ1v) is 4.53. The van der Waals surface area contributed by atoms with Crippen LogP contribution in [0.4, 0.5) is 0 Å². The Morgan fingerprint density at radius 2 is 2.11 bits per heavy atom. The van der Waals surface area contributed by atoms with E-state index in [1.165, 1.54) is 0 Å². The minimum absolute atomic E-state index is 0.333. The maximum absolute atomic E-state index is 5.37. The van der Waals surface area contributed by atoms with Crippen LogP contribution in [0.25, 0.3) is 0 Å². The molecule has 0 unspecified atom stereocenters. The molecule has 2 heteroatoms. The van der Waals surface area contributed by atoms with Crippen molar-refractivity contribution < 1.29 is 4.43 Å². The molecule has 0 amide bonds. The van der Waals surface area contributed by atoms with Gasteiger partial charge in [0.25, 0.3) is 0 Å². The third-order valence-corrected chi connectivity index (χ3v) is 2.08. The van der Waals surface area contributed by atoms with E-state index in [1.807, 2.05) is 0 Å². The molecule has 0 bridgehead atoms. The Kier molecular flexibility index (Phi) is 3.82. The predicted molar refractivity (Wildman–Crippen MR) is 44.4 cm³/mol. The van der Waals surface area contributed by atoms with Crippen LogP contribution in [0.1, 0.15) is 20.8 Å². The Hall–Kier alpha value is -0.0831. The summed E-state index contributed by atoms with van der Waals surface area (Å²) in [6, 6.07) is 0. The monoisotopic (exact) mass is 144 g/mol. The lowest BCUT2D eigenvalue weighted by atomic mass is 10.3. The molecule has 0 aromatic heterocycles. The molecular weight excluding hydrogens is 128 g/mol. The average Bonchev–Trinajstić information content (AvgIpc) is 1.63. The van der Waals surface area contributed by atoms with Crippen molar-refractivity contribution in [3.63, 3.8) is 0 Å². The van der Waals surface area contributed by atoms with E-state index in [0.29, 0.717) is 5.04 Å². The number of hydrogen-bond donors (Lipinski definition) is 0. The highest BCUT2D eigenvalue weighted by atomic mass is 28.2. The Morgan fingerprint density at radius 1 is 1.56 bits per heavy atom. The van der Waals surface area contributed by atoms with Gasteiger partial charge in [0.1, 0.15) is 0 Å². The molecule has 0 aromatic carbocycles. The van der Waals surface area contributed by atoms with Crippen LogP contribution >= 0.6 is 0 Å². The Balaban J connectivity index is 3.17. The van der Waals surface area contributed by atoms with Crippen LogP contribution in [0.3, 0.4) is 0 Å². The summed E-state index contributed by atoms with van der Waals surface area (Å²) < 4.78 is 5.37. The van der Waals surface area contributed by atoms with Crippen molar-refractivity contribution >= 4 is 9.76 Å². The Morgan fingerprint density at radius 3 is 2.44 bits per heavy atom. The Labute approximate surface area is 60.1 Å². The fraction of sp³-hybridized carbons (Fsp3) is 0.714. The summed E-state index contributed by atoms with van der Waals surface area (Å²) in [5, 5.41) is 0.420. The van der Waals surface area contributed by atoms with E-state index in [2.05, 4.69) is 27.4 Å². The maximum atomic E-state index is 5.37. The molecule has 0 radical (unpaired) electrons. The minimum atomic E-state index is -0.333.